The lowest BCUT2D eigenvalue weighted by atomic mass is 10.1. The van der Waals surface area contributed by atoms with E-state index < -0.39 is 0 Å². The van der Waals surface area contributed by atoms with Gasteiger partial charge in [-0.05, 0) is 24.1 Å². The molecule has 1 heterocycles. The molecular weight excluding hydrogens is 378 g/mol. The molecule has 0 radical (unpaired) electrons. The van der Waals surface area contributed by atoms with Crippen LogP contribution >= 0.6 is 11.6 Å². The lowest BCUT2D eigenvalue weighted by molar-refractivity contribution is -0.131. The number of carbonyl (C=O) groups excluding carboxylic acids is 2. The summed E-state index contributed by atoms with van der Waals surface area (Å²) in [7, 11) is 1.73. The number of piperazine rings is 1. The third kappa shape index (κ3) is 7.03. The number of amides is 2. The molecule has 0 aromatic heterocycles. The van der Waals surface area contributed by atoms with Crippen molar-refractivity contribution in [2.24, 2.45) is 4.99 Å². The number of guanidine groups is 1. The molecule has 2 amide bonds. The molecule has 1 aromatic rings. The second-order valence-electron chi connectivity index (χ2n) is 6.75. The number of hydrogen-bond acceptors (Lipinski definition) is 3. The first-order valence-corrected chi connectivity index (χ1v) is 10.2. The number of nitrogens with zero attached hydrogens (tertiary/aromatic N) is 3. The SMILES string of the molecule is CCCNC(=O)CCNC(=NC)N1CCN(C(=O)Cc2cccc(Cl)c2)CC1. The summed E-state index contributed by atoms with van der Waals surface area (Å²) in [5, 5.41) is 6.74. The van der Waals surface area contributed by atoms with Crippen LogP contribution in [0.2, 0.25) is 5.02 Å². The normalized spacial score (nSPS) is 14.8. The quantitative estimate of drug-likeness (QED) is 0.530. The van der Waals surface area contributed by atoms with Gasteiger partial charge in [-0.1, -0.05) is 30.7 Å². The van der Waals surface area contributed by atoms with Gasteiger partial charge in [-0.15, -0.1) is 0 Å². The lowest BCUT2D eigenvalue weighted by Crippen LogP contribution is -2.54. The van der Waals surface area contributed by atoms with Crippen LogP contribution in [0, 0.1) is 0 Å². The highest BCUT2D eigenvalue weighted by Crippen LogP contribution is 2.13. The summed E-state index contributed by atoms with van der Waals surface area (Å²) in [5.41, 5.74) is 0.929. The Hall–Kier alpha value is -2.28. The number of benzene rings is 1. The van der Waals surface area contributed by atoms with E-state index in [1.54, 1.807) is 13.1 Å². The van der Waals surface area contributed by atoms with Crippen molar-refractivity contribution >= 4 is 29.4 Å². The van der Waals surface area contributed by atoms with Gasteiger partial charge in [0.2, 0.25) is 11.8 Å². The molecular formula is C20H30ClN5O2. The van der Waals surface area contributed by atoms with Crippen molar-refractivity contribution in [3.63, 3.8) is 0 Å². The molecule has 1 aliphatic rings. The van der Waals surface area contributed by atoms with E-state index in [0.717, 1.165) is 17.9 Å². The molecule has 0 saturated carbocycles. The van der Waals surface area contributed by atoms with Crippen LogP contribution in [0.15, 0.2) is 29.3 Å². The number of aliphatic imine (C=N–C) groups is 1. The van der Waals surface area contributed by atoms with Gasteiger partial charge in [-0.25, -0.2) is 0 Å². The van der Waals surface area contributed by atoms with Crippen molar-refractivity contribution in [2.75, 3.05) is 46.3 Å². The van der Waals surface area contributed by atoms with Gasteiger partial charge in [0.1, 0.15) is 0 Å². The second-order valence-corrected chi connectivity index (χ2v) is 7.18. The molecule has 0 unspecified atom stereocenters. The molecule has 1 aromatic carbocycles. The zero-order valence-corrected chi connectivity index (χ0v) is 17.5. The Kier molecular flexibility index (Phi) is 9.07. The summed E-state index contributed by atoms with van der Waals surface area (Å²) in [6, 6.07) is 7.42. The summed E-state index contributed by atoms with van der Waals surface area (Å²) in [4.78, 5) is 32.5. The van der Waals surface area contributed by atoms with Crippen molar-refractivity contribution in [3.05, 3.63) is 34.9 Å². The minimum absolute atomic E-state index is 0.0428. The molecule has 0 aliphatic carbocycles. The molecule has 7 nitrogen and oxygen atoms in total. The Morgan fingerprint density at radius 2 is 1.82 bits per heavy atom. The molecule has 0 spiro atoms. The van der Waals surface area contributed by atoms with Crippen molar-refractivity contribution in [2.45, 2.75) is 26.2 Å². The topological polar surface area (TPSA) is 77.0 Å². The zero-order chi connectivity index (χ0) is 20.4. The van der Waals surface area contributed by atoms with Gasteiger partial charge in [0, 0.05) is 57.8 Å². The van der Waals surface area contributed by atoms with Crippen LogP contribution in [0.5, 0.6) is 0 Å². The predicted octanol–water partition coefficient (Wildman–Crippen LogP) is 1.52. The predicted molar refractivity (Wildman–Crippen MR) is 113 cm³/mol. The highest BCUT2D eigenvalue weighted by molar-refractivity contribution is 6.30. The summed E-state index contributed by atoms with van der Waals surface area (Å²) in [6.45, 7) is 5.99. The monoisotopic (exact) mass is 407 g/mol. The van der Waals surface area contributed by atoms with Crippen molar-refractivity contribution in [1.82, 2.24) is 20.4 Å². The number of hydrogen-bond donors (Lipinski definition) is 2. The van der Waals surface area contributed by atoms with Crippen LogP contribution in [-0.4, -0.2) is 73.9 Å². The van der Waals surface area contributed by atoms with Crippen LogP contribution in [0.25, 0.3) is 0 Å². The molecule has 0 bridgehead atoms. The summed E-state index contributed by atoms with van der Waals surface area (Å²) < 4.78 is 0. The summed E-state index contributed by atoms with van der Waals surface area (Å²) in [6.07, 6.45) is 1.71. The molecule has 154 valence electrons. The van der Waals surface area contributed by atoms with Gasteiger partial charge in [0.15, 0.2) is 5.96 Å². The highest BCUT2D eigenvalue weighted by Gasteiger charge is 2.23. The Labute approximate surface area is 172 Å². The average Bonchev–Trinajstić information content (AvgIpc) is 2.70. The molecule has 28 heavy (non-hydrogen) atoms. The van der Waals surface area contributed by atoms with Crippen LogP contribution in [0.3, 0.4) is 0 Å². The fourth-order valence-corrected chi connectivity index (χ4v) is 3.29. The molecule has 2 N–H and O–H groups in total. The molecule has 8 heteroatoms. The maximum atomic E-state index is 12.5. The van der Waals surface area contributed by atoms with E-state index in [1.165, 1.54) is 0 Å². The molecule has 1 saturated heterocycles. The molecule has 1 aliphatic heterocycles. The van der Waals surface area contributed by atoms with Gasteiger partial charge in [0.05, 0.1) is 6.42 Å². The fourth-order valence-electron chi connectivity index (χ4n) is 3.07. The first kappa shape index (κ1) is 22.0. The summed E-state index contributed by atoms with van der Waals surface area (Å²) >= 11 is 5.99. The number of halogens is 1. The first-order valence-electron chi connectivity index (χ1n) is 9.78. The number of carbonyl (C=O) groups is 2. The first-order chi connectivity index (χ1) is 13.5. The van der Waals surface area contributed by atoms with E-state index in [2.05, 4.69) is 20.5 Å². The Bertz CT molecular complexity index is 687. The summed E-state index contributed by atoms with van der Waals surface area (Å²) in [5.74, 6) is 0.920. The minimum Gasteiger partial charge on any atom is -0.356 e. The minimum atomic E-state index is 0.0428. The van der Waals surface area contributed by atoms with Crippen LogP contribution in [0.1, 0.15) is 25.3 Å². The van der Waals surface area contributed by atoms with Gasteiger partial charge in [0.25, 0.3) is 0 Å². The van der Waals surface area contributed by atoms with E-state index >= 15 is 0 Å². The van der Waals surface area contributed by atoms with Crippen LogP contribution in [-0.2, 0) is 16.0 Å². The number of rotatable bonds is 7. The van der Waals surface area contributed by atoms with E-state index in [4.69, 9.17) is 11.6 Å². The molecule has 2 rings (SSSR count). The lowest BCUT2D eigenvalue weighted by Gasteiger charge is -2.36. The van der Waals surface area contributed by atoms with Gasteiger partial charge in [-0.2, -0.15) is 0 Å². The van der Waals surface area contributed by atoms with Gasteiger partial charge >= 0.3 is 0 Å². The van der Waals surface area contributed by atoms with E-state index in [-0.39, 0.29) is 11.8 Å². The highest BCUT2D eigenvalue weighted by atomic mass is 35.5. The maximum absolute atomic E-state index is 12.5. The smallest absolute Gasteiger partial charge is 0.227 e. The number of nitrogens with one attached hydrogen (secondary N) is 2. The Morgan fingerprint density at radius 3 is 2.46 bits per heavy atom. The fraction of sp³-hybridized carbons (Fsp3) is 0.550. The molecule has 0 atom stereocenters. The van der Waals surface area contributed by atoms with Crippen molar-refractivity contribution in [1.29, 1.82) is 0 Å². The van der Waals surface area contributed by atoms with E-state index in [9.17, 15) is 9.59 Å². The Morgan fingerprint density at radius 1 is 1.11 bits per heavy atom. The average molecular weight is 408 g/mol. The zero-order valence-electron chi connectivity index (χ0n) is 16.7. The van der Waals surface area contributed by atoms with Crippen LogP contribution in [0.4, 0.5) is 0 Å². The Balaban J connectivity index is 1.75. The maximum Gasteiger partial charge on any atom is 0.227 e. The third-order valence-electron chi connectivity index (χ3n) is 4.60. The standard InChI is InChI=1S/C20H30ClN5O2/c1-3-8-23-18(27)7-9-24-20(22-2)26-12-10-25(11-13-26)19(28)15-16-5-4-6-17(21)14-16/h4-6,14H,3,7-13,15H2,1-2H3,(H,22,24)(H,23,27). The molecule has 1 fully saturated rings. The van der Waals surface area contributed by atoms with Crippen molar-refractivity contribution in [3.8, 4) is 0 Å². The third-order valence-corrected chi connectivity index (χ3v) is 4.83. The van der Waals surface area contributed by atoms with Crippen molar-refractivity contribution < 1.29 is 9.59 Å². The van der Waals surface area contributed by atoms with Gasteiger partial charge in [-0.3, -0.25) is 14.6 Å². The van der Waals surface area contributed by atoms with E-state index in [1.807, 2.05) is 30.0 Å². The largest absolute Gasteiger partial charge is 0.356 e. The second kappa shape index (κ2) is 11.5. The van der Waals surface area contributed by atoms with Gasteiger partial charge < -0.3 is 20.4 Å². The van der Waals surface area contributed by atoms with Crippen LogP contribution < -0.4 is 10.6 Å². The van der Waals surface area contributed by atoms with E-state index in [0.29, 0.717) is 57.1 Å².